The van der Waals surface area contributed by atoms with Gasteiger partial charge in [0.1, 0.15) is 11.5 Å². The summed E-state index contributed by atoms with van der Waals surface area (Å²) in [4.78, 5) is 11.7. The molecule has 0 amide bonds. The molecule has 0 aliphatic carbocycles. The topological polar surface area (TPSA) is 72.5 Å². The third kappa shape index (κ3) is 6.22. The number of carbonyl (C=O) groups is 1. The highest BCUT2D eigenvalue weighted by atomic mass is 16.5. The first-order valence-corrected chi connectivity index (χ1v) is 11.7. The molecular formula is C29H34O7. The number of benzene rings is 3. The third-order valence-electron chi connectivity index (χ3n) is 6.15. The van der Waals surface area contributed by atoms with Crippen molar-refractivity contribution in [1.29, 1.82) is 0 Å². The Morgan fingerprint density at radius 3 is 1.50 bits per heavy atom. The largest absolute Gasteiger partial charge is 0.496 e. The van der Waals surface area contributed by atoms with Crippen molar-refractivity contribution in [2.24, 2.45) is 0 Å². The van der Waals surface area contributed by atoms with Crippen LogP contribution in [0.1, 0.15) is 32.6 Å². The van der Waals surface area contributed by atoms with Crippen LogP contribution in [0.4, 0.5) is 0 Å². The van der Waals surface area contributed by atoms with E-state index < -0.39 is 0 Å². The maximum absolute atomic E-state index is 11.7. The van der Waals surface area contributed by atoms with Crippen molar-refractivity contribution < 1.29 is 33.2 Å². The van der Waals surface area contributed by atoms with Crippen LogP contribution in [-0.2, 0) is 30.4 Å². The lowest BCUT2D eigenvalue weighted by Crippen LogP contribution is -2.03. The molecule has 0 aliphatic heterocycles. The summed E-state index contributed by atoms with van der Waals surface area (Å²) in [5.41, 5.74) is 4.91. The number of aryl methyl sites for hydroxylation is 4. The molecule has 0 saturated carbocycles. The second kappa shape index (κ2) is 12.7. The monoisotopic (exact) mass is 494 g/mol. The first-order valence-electron chi connectivity index (χ1n) is 11.7. The normalized spacial score (nSPS) is 10.5. The molecule has 3 aromatic carbocycles. The Hall–Kier alpha value is -3.87. The minimum atomic E-state index is -0.338. The second-order valence-electron chi connectivity index (χ2n) is 8.20. The molecule has 0 aromatic heterocycles. The summed E-state index contributed by atoms with van der Waals surface area (Å²) in [6.45, 7) is 0. The first-order chi connectivity index (χ1) is 17.5. The Morgan fingerprint density at radius 1 is 0.556 bits per heavy atom. The fourth-order valence-electron chi connectivity index (χ4n) is 4.19. The molecule has 0 atom stereocenters. The lowest BCUT2D eigenvalue weighted by atomic mass is 9.97. The Morgan fingerprint density at radius 2 is 1.06 bits per heavy atom. The molecule has 0 heterocycles. The van der Waals surface area contributed by atoms with E-state index >= 15 is 0 Å². The van der Waals surface area contributed by atoms with Crippen LogP contribution in [0.15, 0.2) is 48.5 Å². The molecule has 3 aromatic rings. The number of rotatable bonds is 12. The molecule has 0 bridgehead atoms. The predicted octanol–water partition coefficient (Wildman–Crippen LogP) is 5.09. The van der Waals surface area contributed by atoms with Crippen LogP contribution in [0, 0.1) is 0 Å². The molecule has 0 unspecified atom stereocenters. The molecular weight excluding hydrogens is 460 g/mol. The summed E-state index contributed by atoms with van der Waals surface area (Å²) in [6.07, 6.45) is 3.10. The van der Waals surface area contributed by atoms with E-state index in [0.717, 1.165) is 59.4 Å². The van der Waals surface area contributed by atoms with E-state index in [-0.39, 0.29) is 5.97 Å². The molecule has 0 spiro atoms. The Balaban J connectivity index is 1.80. The van der Waals surface area contributed by atoms with Gasteiger partial charge < -0.3 is 28.4 Å². The molecule has 36 heavy (non-hydrogen) atoms. The molecule has 0 fully saturated rings. The fourth-order valence-corrected chi connectivity index (χ4v) is 4.19. The number of hydrogen-bond acceptors (Lipinski definition) is 7. The van der Waals surface area contributed by atoms with Crippen molar-refractivity contribution in [2.45, 2.75) is 25.7 Å². The summed E-state index contributed by atoms with van der Waals surface area (Å²) in [5.74, 6) is 3.07. The molecule has 7 nitrogen and oxygen atoms in total. The summed E-state index contributed by atoms with van der Waals surface area (Å²) < 4.78 is 32.5. The van der Waals surface area contributed by atoms with Crippen LogP contribution in [-0.4, -0.2) is 48.6 Å². The molecule has 0 N–H and O–H groups in total. The standard InChI is InChI=1S/C29H34O7/c1-31-24-18-25(32-2)23(14-10-20-15-26(33-3)28(35-5)27(16-20)34-4)17-22(24)13-9-19-7-11-21(12-8-19)29(30)36-6/h7-8,11-12,15-18H,9-10,13-14H2,1-6H3. The molecule has 0 radical (unpaired) electrons. The summed E-state index contributed by atoms with van der Waals surface area (Å²) in [6, 6.07) is 15.5. The minimum absolute atomic E-state index is 0.338. The van der Waals surface area contributed by atoms with Gasteiger partial charge in [0.2, 0.25) is 5.75 Å². The Labute approximate surface area is 212 Å². The molecule has 0 aliphatic rings. The summed E-state index contributed by atoms with van der Waals surface area (Å²) in [5, 5.41) is 0. The zero-order valence-corrected chi connectivity index (χ0v) is 21.8. The van der Waals surface area contributed by atoms with Crippen molar-refractivity contribution >= 4 is 5.97 Å². The van der Waals surface area contributed by atoms with Crippen molar-refractivity contribution in [2.75, 3.05) is 42.7 Å². The summed E-state index contributed by atoms with van der Waals surface area (Å²) >= 11 is 0. The van der Waals surface area contributed by atoms with Crippen LogP contribution in [0.5, 0.6) is 28.7 Å². The van der Waals surface area contributed by atoms with Crippen LogP contribution in [0.25, 0.3) is 0 Å². The minimum Gasteiger partial charge on any atom is -0.496 e. The zero-order valence-electron chi connectivity index (χ0n) is 21.8. The van der Waals surface area contributed by atoms with Crippen LogP contribution in [0.3, 0.4) is 0 Å². The highest BCUT2D eigenvalue weighted by Gasteiger charge is 2.16. The lowest BCUT2D eigenvalue weighted by molar-refractivity contribution is 0.0600. The number of esters is 1. The van der Waals surface area contributed by atoms with Crippen LogP contribution in [0.2, 0.25) is 0 Å². The number of carbonyl (C=O) groups excluding carboxylic acids is 1. The average Bonchev–Trinajstić information content (AvgIpc) is 2.93. The number of ether oxygens (including phenoxy) is 6. The highest BCUT2D eigenvalue weighted by molar-refractivity contribution is 5.89. The first kappa shape index (κ1) is 26.7. The van der Waals surface area contributed by atoms with E-state index in [1.807, 2.05) is 30.3 Å². The van der Waals surface area contributed by atoms with Gasteiger partial charge in [-0.1, -0.05) is 12.1 Å². The lowest BCUT2D eigenvalue weighted by Gasteiger charge is -2.16. The van der Waals surface area contributed by atoms with Crippen molar-refractivity contribution in [3.05, 3.63) is 76.3 Å². The second-order valence-corrected chi connectivity index (χ2v) is 8.20. The van der Waals surface area contributed by atoms with E-state index in [1.165, 1.54) is 7.11 Å². The van der Waals surface area contributed by atoms with Gasteiger partial charge in [-0.2, -0.15) is 0 Å². The fraction of sp³-hybridized carbons (Fsp3) is 0.345. The van der Waals surface area contributed by atoms with Gasteiger partial charge in [0.05, 0.1) is 48.2 Å². The molecule has 0 saturated heterocycles. The zero-order chi connectivity index (χ0) is 26.1. The Bertz CT molecular complexity index is 1140. The average molecular weight is 495 g/mol. The predicted molar refractivity (Wildman–Crippen MR) is 138 cm³/mol. The smallest absolute Gasteiger partial charge is 0.337 e. The van der Waals surface area contributed by atoms with Gasteiger partial charge in [-0.25, -0.2) is 4.79 Å². The van der Waals surface area contributed by atoms with Gasteiger partial charge in [0.25, 0.3) is 0 Å². The van der Waals surface area contributed by atoms with Crippen molar-refractivity contribution in [3.8, 4) is 28.7 Å². The molecule has 7 heteroatoms. The van der Waals surface area contributed by atoms with Gasteiger partial charge in [-0.15, -0.1) is 0 Å². The van der Waals surface area contributed by atoms with Crippen molar-refractivity contribution in [1.82, 2.24) is 0 Å². The molecule has 192 valence electrons. The van der Waals surface area contributed by atoms with E-state index in [9.17, 15) is 4.79 Å². The molecule has 3 rings (SSSR count). The van der Waals surface area contributed by atoms with Crippen molar-refractivity contribution in [3.63, 3.8) is 0 Å². The Kier molecular flexibility index (Phi) is 9.45. The van der Waals surface area contributed by atoms with E-state index in [1.54, 1.807) is 47.7 Å². The number of hydrogen-bond donors (Lipinski definition) is 0. The van der Waals surface area contributed by atoms with Gasteiger partial charge in [0.15, 0.2) is 11.5 Å². The quantitative estimate of drug-likeness (QED) is 0.325. The van der Waals surface area contributed by atoms with E-state index in [2.05, 4.69) is 6.07 Å². The van der Waals surface area contributed by atoms with Gasteiger partial charge in [0, 0.05) is 6.07 Å². The van der Waals surface area contributed by atoms with E-state index in [0.29, 0.717) is 22.8 Å². The van der Waals surface area contributed by atoms with Crippen LogP contribution < -0.4 is 23.7 Å². The van der Waals surface area contributed by atoms with Crippen LogP contribution >= 0.6 is 0 Å². The number of methoxy groups -OCH3 is 6. The highest BCUT2D eigenvalue weighted by Crippen LogP contribution is 2.39. The maximum Gasteiger partial charge on any atom is 0.337 e. The summed E-state index contributed by atoms with van der Waals surface area (Å²) in [7, 11) is 9.54. The SMILES string of the molecule is COC(=O)c1ccc(CCc2cc(CCc3cc(OC)c(OC)c(OC)c3)c(OC)cc2OC)cc1. The van der Waals surface area contributed by atoms with Gasteiger partial charge >= 0.3 is 5.97 Å². The maximum atomic E-state index is 11.7. The van der Waals surface area contributed by atoms with Gasteiger partial charge in [-0.3, -0.25) is 0 Å². The van der Waals surface area contributed by atoms with E-state index in [4.69, 9.17) is 28.4 Å². The van der Waals surface area contributed by atoms with Gasteiger partial charge in [-0.05, 0) is 78.3 Å². The third-order valence-corrected chi connectivity index (χ3v) is 6.15.